The summed E-state index contributed by atoms with van der Waals surface area (Å²) in [6, 6.07) is 11.4. The molecular formula is C23H28N4O5. The number of azo groups is 1. The number of hydrogen-bond donors (Lipinski definition) is 1. The molecule has 9 nitrogen and oxygen atoms in total. The van der Waals surface area contributed by atoms with Crippen LogP contribution in [0.1, 0.15) is 36.2 Å². The third-order valence-electron chi connectivity index (χ3n) is 4.75. The van der Waals surface area contributed by atoms with Gasteiger partial charge in [-0.05, 0) is 42.8 Å². The van der Waals surface area contributed by atoms with Crippen molar-refractivity contribution in [1.82, 2.24) is 9.80 Å². The van der Waals surface area contributed by atoms with Gasteiger partial charge in [0.15, 0.2) is 5.78 Å². The molecule has 0 radical (unpaired) electrons. The van der Waals surface area contributed by atoms with Crippen molar-refractivity contribution in [2.45, 2.75) is 26.9 Å². The first-order valence-electron chi connectivity index (χ1n) is 10.2. The number of rotatable bonds is 9. The van der Waals surface area contributed by atoms with Gasteiger partial charge in [0.25, 0.3) is 0 Å². The van der Waals surface area contributed by atoms with E-state index >= 15 is 0 Å². The van der Waals surface area contributed by atoms with E-state index in [1.807, 2.05) is 0 Å². The van der Waals surface area contributed by atoms with Crippen LogP contribution in [0.5, 0.6) is 5.75 Å². The van der Waals surface area contributed by atoms with Crippen molar-refractivity contribution in [2.75, 3.05) is 27.2 Å². The van der Waals surface area contributed by atoms with Gasteiger partial charge in [0.1, 0.15) is 12.4 Å². The Balaban J connectivity index is 1.87. The lowest BCUT2D eigenvalue weighted by Gasteiger charge is -2.21. The first-order valence-corrected chi connectivity index (χ1v) is 10.2. The van der Waals surface area contributed by atoms with E-state index in [1.54, 1.807) is 56.3 Å². The molecule has 2 amide bonds. The zero-order chi connectivity index (χ0) is 23.7. The van der Waals surface area contributed by atoms with Crippen LogP contribution in [0, 0.1) is 0 Å². The number of carbonyl (C=O) groups is 3. The summed E-state index contributed by atoms with van der Waals surface area (Å²) >= 11 is 0. The van der Waals surface area contributed by atoms with Crippen molar-refractivity contribution in [2.24, 2.45) is 10.2 Å². The van der Waals surface area contributed by atoms with Gasteiger partial charge < -0.3 is 19.6 Å². The summed E-state index contributed by atoms with van der Waals surface area (Å²) in [7, 11) is 3.32. The third-order valence-corrected chi connectivity index (χ3v) is 4.75. The molecule has 170 valence electrons. The van der Waals surface area contributed by atoms with Crippen molar-refractivity contribution in [3.8, 4) is 5.75 Å². The highest BCUT2D eigenvalue weighted by molar-refractivity contribution is 5.97. The molecule has 0 atom stereocenters. The molecule has 0 saturated carbocycles. The van der Waals surface area contributed by atoms with Gasteiger partial charge in [-0.2, -0.15) is 10.2 Å². The largest absolute Gasteiger partial charge is 0.507 e. The molecule has 0 fully saturated rings. The fourth-order valence-corrected chi connectivity index (χ4v) is 2.68. The van der Waals surface area contributed by atoms with E-state index in [-0.39, 0.29) is 29.6 Å². The minimum atomic E-state index is -0.472. The molecule has 0 heterocycles. The lowest BCUT2D eigenvalue weighted by Crippen LogP contribution is -2.37. The maximum absolute atomic E-state index is 12.1. The number of carbonyl (C=O) groups excluding carboxylic acids is 3. The van der Waals surface area contributed by atoms with Crippen LogP contribution < -0.4 is 0 Å². The summed E-state index contributed by atoms with van der Waals surface area (Å²) in [5.41, 5.74) is 2.00. The first kappa shape index (κ1) is 24.5. The molecule has 2 aromatic rings. The average molecular weight is 441 g/mol. The molecule has 0 aromatic heterocycles. The molecule has 0 aliphatic carbocycles. The van der Waals surface area contributed by atoms with Crippen molar-refractivity contribution < 1.29 is 24.2 Å². The van der Waals surface area contributed by atoms with E-state index in [0.717, 1.165) is 5.56 Å². The molecule has 2 rings (SSSR count). The second kappa shape index (κ2) is 11.6. The number of amides is 2. The Bertz CT molecular complexity index is 988. The third kappa shape index (κ3) is 7.19. The zero-order valence-electron chi connectivity index (χ0n) is 18.7. The van der Waals surface area contributed by atoms with Crippen LogP contribution in [-0.2, 0) is 16.1 Å². The van der Waals surface area contributed by atoms with E-state index in [2.05, 4.69) is 10.2 Å². The number of likely N-dealkylation sites (N-methyl/N-ethyl adjacent to an activating group) is 2. The van der Waals surface area contributed by atoms with Crippen molar-refractivity contribution in [3.05, 3.63) is 53.6 Å². The van der Waals surface area contributed by atoms with E-state index in [9.17, 15) is 19.5 Å². The summed E-state index contributed by atoms with van der Waals surface area (Å²) in [6.07, 6.45) is -0.0473. The van der Waals surface area contributed by atoms with Gasteiger partial charge in [-0.1, -0.05) is 19.1 Å². The number of ether oxygens (including phenoxy) is 1. The van der Waals surface area contributed by atoms with Crippen LogP contribution >= 0.6 is 0 Å². The van der Waals surface area contributed by atoms with Crippen LogP contribution in [0.3, 0.4) is 0 Å². The standard InChI is InChI=1S/C23H28N4O5/c1-5-22(30)26(3)12-13-27(4)23(31)32-15-17-6-8-18(9-7-17)24-25-19-10-11-21(29)20(14-19)16(2)28/h6-11,14,29H,5,12-13,15H2,1-4H3/b25-24+. The van der Waals surface area contributed by atoms with Crippen molar-refractivity contribution in [1.29, 1.82) is 0 Å². The molecule has 0 spiro atoms. The number of hydrogen-bond acceptors (Lipinski definition) is 7. The van der Waals surface area contributed by atoms with E-state index in [4.69, 9.17) is 4.74 Å². The van der Waals surface area contributed by atoms with Crippen molar-refractivity contribution in [3.63, 3.8) is 0 Å². The van der Waals surface area contributed by atoms with E-state index < -0.39 is 6.09 Å². The van der Waals surface area contributed by atoms with Gasteiger partial charge in [0.05, 0.1) is 16.9 Å². The number of nitrogens with zero attached hydrogens (tertiary/aromatic N) is 4. The summed E-state index contributed by atoms with van der Waals surface area (Å²) in [6.45, 7) is 4.08. The minimum Gasteiger partial charge on any atom is -0.507 e. The number of phenolic OH excluding ortho intramolecular Hbond substituents is 1. The second-order valence-corrected chi connectivity index (χ2v) is 7.27. The average Bonchev–Trinajstić information content (AvgIpc) is 2.79. The summed E-state index contributed by atoms with van der Waals surface area (Å²) < 4.78 is 5.30. The Morgan fingerprint density at radius 3 is 2.16 bits per heavy atom. The van der Waals surface area contributed by atoms with Gasteiger partial charge in [-0.15, -0.1) is 0 Å². The van der Waals surface area contributed by atoms with Crippen molar-refractivity contribution >= 4 is 29.2 Å². The maximum Gasteiger partial charge on any atom is 0.409 e. The Morgan fingerprint density at radius 1 is 0.938 bits per heavy atom. The lowest BCUT2D eigenvalue weighted by atomic mass is 10.1. The molecule has 0 saturated heterocycles. The highest BCUT2D eigenvalue weighted by Gasteiger charge is 2.13. The van der Waals surface area contributed by atoms with E-state index in [1.165, 1.54) is 24.0 Å². The quantitative estimate of drug-likeness (QED) is 0.457. The Kier molecular flexibility index (Phi) is 8.88. The molecule has 0 aliphatic heterocycles. The van der Waals surface area contributed by atoms with Crippen LogP contribution in [-0.4, -0.2) is 59.9 Å². The maximum atomic E-state index is 12.1. The molecule has 0 aliphatic rings. The van der Waals surface area contributed by atoms with Crippen LogP contribution in [0.2, 0.25) is 0 Å². The zero-order valence-corrected chi connectivity index (χ0v) is 18.7. The van der Waals surface area contributed by atoms with Gasteiger partial charge >= 0.3 is 6.09 Å². The second-order valence-electron chi connectivity index (χ2n) is 7.27. The number of Topliss-reactive ketones (excluding diaryl/α,β-unsaturated/α-hetero) is 1. The number of benzene rings is 2. The molecular weight excluding hydrogens is 412 g/mol. The summed E-state index contributed by atoms with van der Waals surface area (Å²) in [5, 5.41) is 17.9. The predicted molar refractivity (Wildman–Crippen MR) is 119 cm³/mol. The Morgan fingerprint density at radius 2 is 1.53 bits per heavy atom. The molecule has 9 heteroatoms. The van der Waals surface area contributed by atoms with Gasteiger partial charge in [0, 0.05) is 33.6 Å². The van der Waals surface area contributed by atoms with E-state index in [0.29, 0.717) is 30.9 Å². The highest BCUT2D eigenvalue weighted by Crippen LogP contribution is 2.25. The van der Waals surface area contributed by atoms with Gasteiger partial charge in [-0.25, -0.2) is 4.79 Å². The van der Waals surface area contributed by atoms with Gasteiger partial charge in [-0.3, -0.25) is 9.59 Å². The molecule has 0 unspecified atom stereocenters. The first-order chi connectivity index (χ1) is 15.2. The SMILES string of the molecule is CCC(=O)N(C)CCN(C)C(=O)OCc1ccc(/N=N/c2ccc(O)c(C(C)=O)c2)cc1. The highest BCUT2D eigenvalue weighted by atomic mass is 16.6. The topological polar surface area (TPSA) is 112 Å². The van der Waals surface area contributed by atoms with Gasteiger partial charge in [0.2, 0.25) is 5.91 Å². The number of aromatic hydroxyl groups is 1. The van der Waals surface area contributed by atoms with Crippen LogP contribution in [0.15, 0.2) is 52.7 Å². The number of phenols is 1. The smallest absolute Gasteiger partial charge is 0.409 e. The number of ketones is 1. The minimum absolute atomic E-state index is 0.0220. The molecule has 2 aromatic carbocycles. The fraction of sp³-hybridized carbons (Fsp3) is 0.348. The summed E-state index contributed by atoms with van der Waals surface area (Å²) in [5.74, 6) is -0.332. The predicted octanol–water partition coefficient (Wildman–Crippen LogP) is 4.45. The molecule has 1 N–H and O–H groups in total. The lowest BCUT2D eigenvalue weighted by molar-refractivity contribution is -0.129. The normalized spacial score (nSPS) is 10.8. The molecule has 0 bridgehead atoms. The Labute approximate surface area is 187 Å². The molecule has 32 heavy (non-hydrogen) atoms. The summed E-state index contributed by atoms with van der Waals surface area (Å²) in [4.78, 5) is 38.2. The van der Waals surface area contributed by atoms with Crippen LogP contribution in [0.25, 0.3) is 0 Å². The fourth-order valence-electron chi connectivity index (χ4n) is 2.68. The monoisotopic (exact) mass is 440 g/mol. The Hall–Kier alpha value is -3.75. The van der Waals surface area contributed by atoms with Crippen LogP contribution in [0.4, 0.5) is 16.2 Å².